The van der Waals surface area contributed by atoms with E-state index < -0.39 is 0 Å². The lowest BCUT2D eigenvalue weighted by Gasteiger charge is -2.14. The number of nitrogens with zero attached hydrogens (tertiary/aromatic N) is 1. The van der Waals surface area contributed by atoms with E-state index in [0.29, 0.717) is 6.61 Å². The molecule has 0 fully saturated rings. The predicted molar refractivity (Wildman–Crippen MR) is 102 cm³/mol. The highest BCUT2D eigenvalue weighted by Crippen LogP contribution is 2.09. The van der Waals surface area contributed by atoms with Crippen LogP contribution in [0.3, 0.4) is 0 Å². The summed E-state index contributed by atoms with van der Waals surface area (Å²) < 4.78 is 10.5. The van der Waals surface area contributed by atoms with Crippen LogP contribution < -0.4 is 10.6 Å². The molecule has 0 aliphatic heterocycles. The number of nitrogens with one attached hydrogen (secondary N) is 2. The number of halogens is 1. The summed E-state index contributed by atoms with van der Waals surface area (Å²) in [7, 11) is 3.49. The first-order valence-electron chi connectivity index (χ1n) is 7.39. The van der Waals surface area contributed by atoms with Gasteiger partial charge in [0, 0.05) is 40.5 Å². The number of benzene rings is 1. The van der Waals surface area contributed by atoms with Crippen molar-refractivity contribution in [2.75, 3.05) is 33.9 Å². The molecule has 0 aromatic heterocycles. The molecule has 0 atom stereocenters. The highest BCUT2D eigenvalue weighted by molar-refractivity contribution is 14.0. The molecule has 0 saturated carbocycles. The standard InChI is InChI=1S/C16H27N3O2.HI/c1-4-21-13-15-9-6-5-8-14(15)12-19-16(17-2)18-10-7-11-20-3;/h5-6,8-9H,4,7,10-13H2,1-3H3,(H2,17,18,19);1H. The maximum Gasteiger partial charge on any atom is 0.191 e. The lowest BCUT2D eigenvalue weighted by Crippen LogP contribution is -2.37. The van der Waals surface area contributed by atoms with Gasteiger partial charge in [0.2, 0.25) is 0 Å². The van der Waals surface area contributed by atoms with Crippen molar-refractivity contribution in [1.82, 2.24) is 10.6 Å². The molecule has 1 aromatic carbocycles. The molecule has 126 valence electrons. The Labute approximate surface area is 150 Å². The van der Waals surface area contributed by atoms with Gasteiger partial charge < -0.3 is 20.1 Å². The molecule has 0 bridgehead atoms. The van der Waals surface area contributed by atoms with Gasteiger partial charge in [0.15, 0.2) is 5.96 Å². The maximum absolute atomic E-state index is 5.50. The van der Waals surface area contributed by atoms with Gasteiger partial charge in [0.25, 0.3) is 0 Å². The van der Waals surface area contributed by atoms with Crippen LogP contribution in [0.15, 0.2) is 29.3 Å². The van der Waals surface area contributed by atoms with Crippen molar-refractivity contribution in [1.29, 1.82) is 0 Å². The van der Waals surface area contributed by atoms with Gasteiger partial charge in [-0.05, 0) is 24.5 Å². The lowest BCUT2D eigenvalue weighted by atomic mass is 10.1. The zero-order valence-corrected chi connectivity index (χ0v) is 16.1. The second kappa shape index (κ2) is 13.8. The van der Waals surface area contributed by atoms with Crippen molar-refractivity contribution in [3.8, 4) is 0 Å². The summed E-state index contributed by atoms with van der Waals surface area (Å²) in [5, 5.41) is 6.59. The Bertz CT molecular complexity index is 428. The summed E-state index contributed by atoms with van der Waals surface area (Å²) in [6.45, 7) is 5.70. The van der Waals surface area contributed by atoms with Crippen molar-refractivity contribution < 1.29 is 9.47 Å². The average molecular weight is 421 g/mol. The van der Waals surface area contributed by atoms with Crippen LogP contribution in [-0.4, -0.2) is 39.9 Å². The molecule has 0 spiro atoms. The topological polar surface area (TPSA) is 54.9 Å². The van der Waals surface area contributed by atoms with E-state index in [4.69, 9.17) is 9.47 Å². The van der Waals surface area contributed by atoms with E-state index in [1.54, 1.807) is 14.2 Å². The molecule has 0 unspecified atom stereocenters. The van der Waals surface area contributed by atoms with E-state index >= 15 is 0 Å². The van der Waals surface area contributed by atoms with Crippen molar-refractivity contribution >= 4 is 29.9 Å². The molecule has 0 saturated heterocycles. The summed E-state index contributed by atoms with van der Waals surface area (Å²) >= 11 is 0. The summed E-state index contributed by atoms with van der Waals surface area (Å²) in [5.74, 6) is 0.803. The van der Waals surface area contributed by atoms with E-state index in [0.717, 1.165) is 38.7 Å². The van der Waals surface area contributed by atoms with Gasteiger partial charge >= 0.3 is 0 Å². The van der Waals surface area contributed by atoms with Crippen LogP contribution in [0.4, 0.5) is 0 Å². The third-order valence-electron chi connectivity index (χ3n) is 3.07. The number of rotatable bonds is 9. The van der Waals surface area contributed by atoms with E-state index in [1.165, 1.54) is 11.1 Å². The molecule has 22 heavy (non-hydrogen) atoms. The highest BCUT2D eigenvalue weighted by atomic mass is 127. The minimum Gasteiger partial charge on any atom is -0.385 e. The van der Waals surface area contributed by atoms with Crippen molar-refractivity contribution in [2.45, 2.75) is 26.5 Å². The molecule has 0 aliphatic carbocycles. The number of methoxy groups -OCH3 is 1. The zero-order valence-electron chi connectivity index (χ0n) is 13.7. The Morgan fingerprint density at radius 2 is 1.91 bits per heavy atom. The van der Waals surface area contributed by atoms with Crippen molar-refractivity contribution in [3.05, 3.63) is 35.4 Å². The van der Waals surface area contributed by atoms with E-state index in [-0.39, 0.29) is 24.0 Å². The molecule has 6 heteroatoms. The molecule has 1 rings (SSSR count). The second-order valence-corrected chi connectivity index (χ2v) is 4.60. The van der Waals surface area contributed by atoms with Crippen molar-refractivity contribution in [2.24, 2.45) is 4.99 Å². The first kappa shape index (κ1) is 21.1. The monoisotopic (exact) mass is 421 g/mol. The van der Waals surface area contributed by atoms with Crippen LogP contribution in [0.5, 0.6) is 0 Å². The van der Waals surface area contributed by atoms with Crippen LogP contribution in [0.2, 0.25) is 0 Å². The molecule has 0 radical (unpaired) electrons. The Kier molecular flexibility index (Phi) is 13.2. The lowest BCUT2D eigenvalue weighted by molar-refractivity contribution is 0.133. The fourth-order valence-corrected chi connectivity index (χ4v) is 1.91. The van der Waals surface area contributed by atoms with E-state index in [1.807, 2.05) is 19.1 Å². The Hall–Kier alpha value is -0.860. The highest BCUT2D eigenvalue weighted by Gasteiger charge is 2.03. The first-order chi connectivity index (χ1) is 10.3. The van der Waals surface area contributed by atoms with Crippen LogP contribution in [0, 0.1) is 0 Å². The van der Waals surface area contributed by atoms with Crippen LogP contribution in [0.1, 0.15) is 24.5 Å². The average Bonchev–Trinajstić information content (AvgIpc) is 2.53. The SMILES string of the molecule is CCOCc1ccccc1CNC(=NC)NCCCOC.I. The summed E-state index contributed by atoms with van der Waals surface area (Å²) in [4.78, 5) is 4.21. The third kappa shape index (κ3) is 8.55. The molecule has 5 nitrogen and oxygen atoms in total. The Balaban J connectivity index is 0.00000441. The number of aliphatic imine (C=N–C) groups is 1. The maximum atomic E-state index is 5.50. The van der Waals surface area contributed by atoms with Crippen molar-refractivity contribution in [3.63, 3.8) is 0 Å². The van der Waals surface area contributed by atoms with Gasteiger partial charge in [0.05, 0.1) is 6.61 Å². The van der Waals surface area contributed by atoms with Gasteiger partial charge in [0.1, 0.15) is 0 Å². The second-order valence-electron chi connectivity index (χ2n) is 4.60. The third-order valence-corrected chi connectivity index (χ3v) is 3.07. The number of hydrogen-bond acceptors (Lipinski definition) is 3. The Morgan fingerprint density at radius 3 is 2.55 bits per heavy atom. The summed E-state index contributed by atoms with van der Waals surface area (Å²) in [6.07, 6.45) is 0.956. The van der Waals surface area contributed by atoms with Gasteiger partial charge in [-0.25, -0.2) is 0 Å². The van der Waals surface area contributed by atoms with E-state index in [2.05, 4.69) is 27.8 Å². The molecule has 1 aromatic rings. The van der Waals surface area contributed by atoms with Gasteiger partial charge in [-0.1, -0.05) is 24.3 Å². The number of ether oxygens (including phenoxy) is 2. The largest absolute Gasteiger partial charge is 0.385 e. The molecular weight excluding hydrogens is 393 g/mol. The van der Waals surface area contributed by atoms with Crippen LogP contribution in [-0.2, 0) is 22.6 Å². The van der Waals surface area contributed by atoms with Gasteiger partial charge in [-0.2, -0.15) is 0 Å². The number of hydrogen-bond donors (Lipinski definition) is 2. The first-order valence-corrected chi connectivity index (χ1v) is 7.39. The fraction of sp³-hybridized carbons (Fsp3) is 0.562. The normalized spacial score (nSPS) is 11.0. The van der Waals surface area contributed by atoms with Gasteiger partial charge in [-0.15, -0.1) is 24.0 Å². The predicted octanol–water partition coefficient (Wildman–Crippen LogP) is 2.54. The quantitative estimate of drug-likeness (QED) is 0.279. The Morgan fingerprint density at radius 1 is 1.18 bits per heavy atom. The molecule has 0 amide bonds. The van der Waals surface area contributed by atoms with Crippen LogP contribution >= 0.6 is 24.0 Å². The summed E-state index contributed by atoms with van der Waals surface area (Å²) in [6, 6.07) is 8.29. The summed E-state index contributed by atoms with van der Waals surface area (Å²) in [5.41, 5.74) is 2.44. The smallest absolute Gasteiger partial charge is 0.191 e. The minimum atomic E-state index is 0. The van der Waals surface area contributed by atoms with E-state index in [9.17, 15) is 0 Å². The molecule has 0 heterocycles. The number of guanidine groups is 1. The minimum absolute atomic E-state index is 0. The van der Waals surface area contributed by atoms with Crippen LogP contribution in [0.25, 0.3) is 0 Å². The molecule has 0 aliphatic rings. The zero-order chi connectivity index (χ0) is 15.3. The molecular formula is C16H28IN3O2. The van der Waals surface area contributed by atoms with Gasteiger partial charge in [-0.3, -0.25) is 4.99 Å². The fourth-order valence-electron chi connectivity index (χ4n) is 1.91. The molecule has 2 N–H and O–H groups in total.